The fourth-order valence-electron chi connectivity index (χ4n) is 3.34. The molecule has 132 valence electrons. The number of hydrogen-bond acceptors (Lipinski definition) is 7. The Labute approximate surface area is 148 Å². The fraction of sp³-hybridized carbons (Fsp3) is 0.500. The molecule has 0 bridgehead atoms. The van der Waals surface area contributed by atoms with Crippen LogP contribution in [0.5, 0.6) is 0 Å². The maximum absolute atomic E-state index is 5.42. The van der Waals surface area contributed by atoms with Gasteiger partial charge in [-0.3, -0.25) is 0 Å². The Hall–Kier alpha value is -2.41. The van der Waals surface area contributed by atoms with Gasteiger partial charge in [0.1, 0.15) is 23.8 Å². The van der Waals surface area contributed by atoms with Crippen molar-refractivity contribution >= 4 is 17.5 Å². The van der Waals surface area contributed by atoms with Crippen LogP contribution in [-0.2, 0) is 4.74 Å². The lowest BCUT2D eigenvalue weighted by Gasteiger charge is -2.36. The lowest BCUT2D eigenvalue weighted by molar-refractivity contribution is 0.122. The molecule has 0 radical (unpaired) electrons. The predicted molar refractivity (Wildman–Crippen MR) is 98.5 cm³/mol. The molecule has 0 spiro atoms. The molecule has 4 heterocycles. The van der Waals surface area contributed by atoms with Gasteiger partial charge in [0.2, 0.25) is 0 Å². The van der Waals surface area contributed by atoms with Gasteiger partial charge < -0.3 is 19.4 Å². The van der Waals surface area contributed by atoms with Gasteiger partial charge in [0.15, 0.2) is 0 Å². The molecule has 0 atom stereocenters. The Kier molecular flexibility index (Phi) is 4.65. The average Bonchev–Trinajstić information content (AvgIpc) is 2.69. The maximum Gasteiger partial charge on any atom is 0.134 e. The molecular formula is C18H24N6O. The van der Waals surface area contributed by atoms with Gasteiger partial charge >= 0.3 is 0 Å². The van der Waals surface area contributed by atoms with Crippen LogP contribution >= 0.6 is 0 Å². The van der Waals surface area contributed by atoms with Crippen LogP contribution in [0.2, 0.25) is 0 Å². The van der Waals surface area contributed by atoms with Crippen molar-refractivity contribution in [3.8, 4) is 0 Å². The summed E-state index contributed by atoms with van der Waals surface area (Å²) in [6, 6.07) is 8.30. The van der Waals surface area contributed by atoms with Crippen LogP contribution in [0.4, 0.5) is 17.5 Å². The van der Waals surface area contributed by atoms with Crippen molar-refractivity contribution in [1.29, 1.82) is 0 Å². The highest BCUT2D eigenvalue weighted by Gasteiger charge is 2.20. The van der Waals surface area contributed by atoms with Crippen LogP contribution in [0.1, 0.15) is 5.69 Å². The van der Waals surface area contributed by atoms with E-state index in [0.717, 1.165) is 75.6 Å². The highest BCUT2D eigenvalue weighted by atomic mass is 16.5. The molecule has 7 nitrogen and oxygen atoms in total. The molecule has 0 saturated carbocycles. The first-order valence-corrected chi connectivity index (χ1v) is 8.88. The minimum Gasteiger partial charge on any atom is -0.378 e. The molecule has 0 aromatic carbocycles. The molecule has 0 amide bonds. The first-order chi connectivity index (χ1) is 12.3. The number of hydrogen-bond donors (Lipinski definition) is 0. The van der Waals surface area contributed by atoms with E-state index in [1.54, 1.807) is 6.33 Å². The number of rotatable bonds is 3. The zero-order chi connectivity index (χ0) is 17.1. The molecule has 2 aliphatic rings. The van der Waals surface area contributed by atoms with Gasteiger partial charge in [-0.15, -0.1) is 0 Å². The normalized spacial score (nSPS) is 18.5. The zero-order valence-corrected chi connectivity index (χ0v) is 14.6. The summed E-state index contributed by atoms with van der Waals surface area (Å²) in [6.45, 7) is 9.13. The van der Waals surface area contributed by atoms with E-state index in [1.165, 1.54) is 0 Å². The third-order valence-corrected chi connectivity index (χ3v) is 4.77. The van der Waals surface area contributed by atoms with Crippen molar-refractivity contribution in [2.24, 2.45) is 0 Å². The molecule has 25 heavy (non-hydrogen) atoms. The smallest absolute Gasteiger partial charge is 0.134 e. The van der Waals surface area contributed by atoms with Gasteiger partial charge in [-0.2, -0.15) is 0 Å². The lowest BCUT2D eigenvalue weighted by Crippen LogP contribution is -2.47. The van der Waals surface area contributed by atoms with Crippen LogP contribution in [0.3, 0.4) is 0 Å². The number of nitrogens with zero attached hydrogens (tertiary/aromatic N) is 6. The predicted octanol–water partition coefficient (Wildman–Crippen LogP) is 1.34. The van der Waals surface area contributed by atoms with Crippen molar-refractivity contribution in [2.45, 2.75) is 6.92 Å². The van der Waals surface area contributed by atoms with Gasteiger partial charge in [-0.25, -0.2) is 15.0 Å². The molecule has 0 unspecified atom stereocenters. The van der Waals surface area contributed by atoms with Crippen molar-refractivity contribution in [1.82, 2.24) is 15.0 Å². The Morgan fingerprint density at radius 3 is 2.04 bits per heavy atom. The number of anilines is 3. The van der Waals surface area contributed by atoms with Crippen LogP contribution < -0.4 is 14.7 Å². The molecule has 2 saturated heterocycles. The SMILES string of the molecule is Cc1cccc(N2CCN(c3cc(N4CCOCC4)ncn3)CC2)n1. The minimum atomic E-state index is 0.765. The Morgan fingerprint density at radius 1 is 0.800 bits per heavy atom. The number of ether oxygens (including phenoxy) is 1. The number of aromatic nitrogens is 3. The fourth-order valence-corrected chi connectivity index (χ4v) is 3.34. The molecular weight excluding hydrogens is 316 g/mol. The van der Waals surface area contributed by atoms with Crippen molar-refractivity contribution in [3.63, 3.8) is 0 Å². The van der Waals surface area contributed by atoms with Gasteiger partial charge in [0, 0.05) is 51.0 Å². The Balaban J connectivity index is 1.42. The zero-order valence-electron chi connectivity index (χ0n) is 14.6. The van der Waals surface area contributed by atoms with Gasteiger partial charge in [0.05, 0.1) is 13.2 Å². The first kappa shape index (κ1) is 16.1. The molecule has 2 aromatic rings. The molecule has 0 N–H and O–H groups in total. The van der Waals surface area contributed by atoms with E-state index in [-0.39, 0.29) is 0 Å². The number of morpholine rings is 1. The van der Waals surface area contributed by atoms with E-state index in [1.807, 2.05) is 13.0 Å². The van der Waals surface area contributed by atoms with Crippen molar-refractivity contribution in [3.05, 3.63) is 36.3 Å². The summed E-state index contributed by atoms with van der Waals surface area (Å²) in [7, 11) is 0. The van der Waals surface area contributed by atoms with E-state index in [2.05, 4.69) is 47.9 Å². The quantitative estimate of drug-likeness (QED) is 0.836. The van der Waals surface area contributed by atoms with E-state index < -0.39 is 0 Å². The van der Waals surface area contributed by atoms with Crippen LogP contribution in [0, 0.1) is 6.92 Å². The van der Waals surface area contributed by atoms with E-state index in [4.69, 9.17) is 4.74 Å². The Morgan fingerprint density at radius 2 is 1.40 bits per heavy atom. The van der Waals surface area contributed by atoms with Crippen LogP contribution in [0.25, 0.3) is 0 Å². The standard InChI is InChI=1S/C18H24N6O/c1-15-3-2-4-16(21-15)22-5-7-23(8-6-22)17-13-18(20-14-19-17)24-9-11-25-12-10-24/h2-4,13-14H,5-12H2,1H3. The van der Waals surface area contributed by atoms with Crippen molar-refractivity contribution < 1.29 is 4.74 Å². The monoisotopic (exact) mass is 340 g/mol. The summed E-state index contributed by atoms with van der Waals surface area (Å²) >= 11 is 0. The molecule has 2 fully saturated rings. The second-order valence-electron chi connectivity index (χ2n) is 6.45. The van der Waals surface area contributed by atoms with Crippen LogP contribution in [0.15, 0.2) is 30.6 Å². The third kappa shape index (κ3) is 3.66. The minimum absolute atomic E-state index is 0.765. The van der Waals surface area contributed by atoms with E-state index in [0.29, 0.717) is 0 Å². The highest BCUT2D eigenvalue weighted by Crippen LogP contribution is 2.21. The largest absolute Gasteiger partial charge is 0.378 e. The first-order valence-electron chi connectivity index (χ1n) is 8.88. The van der Waals surface area contributed by atoms with Crippen LogP contribution in [-0.4, -0.2) is 67.4 Å². The number of piperazine rings is 1. The van der Waals surface area contributed by atoms with Gasteiger partial charge in [-0.05, 0) is 19.1 Å². The lowest BCUT2D eigenvalue weighted by atomic mass is 10.3. The highest BCUT2D eigenvalue weighted by molar-refractivity contribution is 5.52. The second kappa shape index (κ2) is 7.23. The summed E-state index contributed by atoms with van der Waals surface area (Å²) in [5.74, 6) is 3.07. The summed E-state index contributed by atoms with van der Waals surface area (Å²) in [5, 5.41) is 0. The summed E-state index contributed by atoms with van der Waals surface area (Å²) in [4.78, 5) is 20.5. The number of pyridine rings is 1. The molecule has 4 rings (SSSR count). The van der Waals surface area contributed by atoms with E-state index in [9.17, 15) is 0 Å². The topological polar surface area (TPSA) is 57.6 Å². The number of aryl methyl sites for hydroxylation is 1. The Bertz CT molecular complexity index is 710. The molecule has 7 heteroatoms. The average molecular weight is 340 g/mol. The van der Waals surface area contributed by atoms with E-state index >= 15 is 0 Å². The third-order valence-electron chi connectivity index (χ3n) is 4.77. The molecule has 0 aliphatic carbocycles. The second-order valence-corrected chi connectivity index (χ2v) is 6.45. The summed E-state index contributed by atoms with van der Waals surface area (Å²) in [5.41, 5.74) is 1.06. The van der Waals surface area contributed by atoms with Crippen molar-refractivity contribution in [2.75, 3.05) is 67.2 Å². The van der Waals surface area contributed by atoms with Gasteiger partial charge in [-0.1, -0.05) is 6.07 Å². The molecule has 2 aromatic heterocycles. The van der Waals surface area contributed by atoms with Gasteiger partial charge in [0.25, 0.3) is 0 Å². The summed E-state index contributed by atoms with van der Waals surface area (Å²) < 4.78 is 5.42. The maximum atomic E-state index is 5.42. The summed E-state index contributed by atoms with van der Waals surface area (Å²) in [6.07, 6.45) is 1.68. The molecule has 2 aliphatic heterocycles.